The number of benzene rings is 4. The van der Waals surface area contributed by atoms with Crippen LogP contribution in [0.5, 0.6) is 0 Å². The summed E-state index contributed by atoms with van der Waals surface area (Å²) in [7, 11) is 0. The molecular formula is C31H30. The van der Waals surface area contributed by atoms with Gasteiger partial charge in [-0.15, -0.1) is 0 Å². The van der Waals surface area contributed by atoms with E-state index >= 15 is 0 Å². The molecule has 0 saturated heterocycles. The second-order valence-electron chi connectivity index (χ2n) is 8.67. The largest absolute Gasteiger partial charge is 0.0646 e. The molecule has 0 saturated carbocycles. The SMILES string of the molecule is Cc1cc(C)cc(C(/C=C/c2ccccc2)(c2ccccc2)c2cc(C)cc(C)c2)c1. The van der Waals surface area contributed by atoms with Gasteiger partial charge < -0.3 is 0 Å². The third kappa shape index (κ3) is 4.39. The lowest BCUT2D eigenvalue weighted by atomic mass is 9.68. The van der Waals surface area contributed by atoms with Gasteiger partial charge in [0.2, 0.25) is 0 Å². The monoisotopic (exact) mass is 402 g/mol. The van der Waals surface area contributed by atoms with Crippen molar-refractivity contribution in [2.24, 2.45) is 0 Å². The maximum absolute atomic E-state index is 2.39. The molecule has 0 unspecified atom stereocenters. The maximum Gasteiger partial charge on any atom is 0.0635 e. The molecule has 0 N–H and O–H groups in total. The molecule has 0 aliphatic rings. The molecule has 154 valence electrons. The molecule has 0 atom stereocenters. The van der Waals surface area contributed by atoms with Crippen molar-refractivity contribution in [3.05, 3.63) is 148 Å². The van der Waals surface area contributed by atoms with Gasteiger partial charge in [-0.05, 0) is 49.9 Å². The first-order valence-electron chi connectivity index (χ1n) is 10.9. The van der Waals surface area contributed by atoms with E-state index in [9.17, 15) is 0 Å². The zero-order chi connectivity index (χ0) is 21.8. The Kier molecular flexibility index (Phi) is 5.91. The highest BCUT2D eigenvalue weighted by molar-refractivity contribution is 5.63. The summed E-state index contributed by atoms with van der Waals surface area (Å²) < 4.78 is 0. The highest BCUT2D eigenvalue weighted by Gasteiger charge is 2.34. The molecule has 4 aromatic carbocycles. The van der Waals surface area contributed by atoms with Gasteiger partial charge in [-0.1, -0.05) is 131 Å². The summed E-state index contributed by atoms with van der Waals surface area (Å²) in [5.74, 6) is 0. The molecule has 4 rings (SSSR count). The van der Waals surface area contributed by atoms with Crippen molar-refractivity contribution >= 4 is 6.08 Å². The van der Waals surface area contributed by atoms with Crippen LogP contribution in [0.3, 0.4) is 0 Å². The van der Waals surface area contributed by atoms with Crippen molar-refractivity contribution in [3.8, 4) is 0 Å². The number of aryl methyl sites for hydroxylation is 4. The van der Waals surface area contributed by atoms with Crippen LogP contribution in [0.15, 0.2) is 103 Å². The minimum atomic E-state index is -0.384. The van der Waals surface area contributed by atoms with E-state index in [4.69, 9.17) is 0 Å². The minimum absolute atomic E-state index is 0.384. The molecule has 0 radical (unpaired) electrons. The van der Waals surface area contributed by atoms with Crippen molar-refractivity contribution in [2.75, 3.05) is 0 Å². The third-order valence-corrected chi connectivity index (χ3v) is 5.91. The highest BCUT2D eigenvalue weighted by Crippen LogP contribution is 2.42. The molecular weight excluding hydrogens is 372 g/mol. The van der Waals surface area contributed by atoms with Crippen molar-refractivity contribution in [1.82, 2.24) is 0 Å². The van der Waals surface area contributed by atoms with Gasteiger partial charge in [-0.2, -0.15) is 0 Å². The number of allylic oxidation sites excluding steroid dienone is 1. The lowest BCUT2D eigenvalue weighted by Crippen LogP contribution is -2.27. The third-order valence-electron chi connectivity index (χ3n) is 5.91. The zero-order valence-electron chi connectivity index (χ0n) is 18.9. The molecule has 0 spiro atoms. The Morgan fingerprint density at radius 1 is 0.484 bits per heavy atom. The fourth-order valence-corrected chi connectivity index (χ4v) is 4.68. The minimum Gasteiger partial charge on any atom is -0.0646 e. The van der Waals surface area contributed by atoms with Gasteiger partial charge in [-0.3, -0.25) is 0 Å². The van der Waals surface area contributed by atoms with Crippen LogP contribution in [0.4, 0.5) is 0 Å². The number of rotatable bonds is 5. The van der Waals surface area contributed by atoms with Gasteiger partial charge in [-0.25, -0.2) is 0 Å². The lowest BCUT2D eigenvalue weighted by molar-refractivity contribution is 0.777. The summed E-state index contributed by atoms with van der Waals surface area (Å²) >= 11 is 0. The van der Waals surface area contributed by atoms with E-state index in [1.54, 1.807) is 0 Å². The first-order chi connectivity index (χ1) is 15.0. The fraction of sp³-hybridized carbons (Fsp3) is 0.161. The van der Waals surface area contributed by atoms with Crippen molar-refractivity contribution in [1.29, 1.82) is 0 Å². The van der Waals surface area contributed by atoms with E-state index in [1.165, 1.54) is 44.5 Å². The van der Waals surface area contributed by atoms with Crippen LogP contribution in [-0.4, -0.2) is 0 Å². The average Bonchev–Trinajstić information content (AvgIpc) is 2.74. The predicted molar refractivity (Wildman–Crippen MR) is 134 cm³/mol. The summed E-state index contributed by atoms with van der Waals surface area (Å²) in [5.41, 5.74) is 9.83. The summed E-state index contributed by atoms with van der Waals surface area (Å²) in [5, 5.41) is 0. The van der Waals surface area contributed by atoms with Crippen LogP contribution in [0.25, 0.3) is 6.08 Å². The topological polar surface area (TPSA) is 0 Å². The smallest absolute Gasteiger partial charge is 0.0635 e. The molecule has 0 aliphatic carbocycles. The second-order valence-corrected chi connectivity index (χ2v) is 8.67. The quantitative estimate of drug-likeness (QED) is 0.297. The fourth-order valence-electron chi connectivity index (χ4n) is 4.68. The van der Waals surface area contributed by atoms with Crippen LogP contribution >= 0.6 is 0 Å². The standard InChI is InChI=1S/C31H30/c1-23-17-24(2)20-29(19-23)31(28-13-9-6-10-14-28,16-15-27-11-7-5-8-12-27)30-21-25(3)18-26(4)22-30/h5-22H,1-4H3/b16-15+. The normalized spacial score (nSPS) is 11.7. The van der Waals surface area contributed by atoms with Gasteiger partial charge in [0.05, 0.1) is 5.41 Å². The molecule has 0 heterocycles. The highest BCUT2D eigenvalue weighted by atomic mass is 14.4. The Morgan fingerprint density at radius 3 is 1.35 bits per heavy atom. The van der Waals surface area contributed by atoms with Crippen molar-refractivity contribution in [2.45, 2.75) is 33.1 Å². The van der Waals surface area contributed by atoms with E-state index in [0.29, 0.717) is 0 Å². The molecule has 31 heavy (non-hydrogen) atoms. The van der Waals surface area contributed by atoms with E-state index in [2.05, 4.69) is 137 Å². The van der Waals surface area contributed by atoms with E-state index in [0.717, 1.165) is 0 Å². The Labute approximate surface area is 186 Å². The average molecular weight is 403 g/mol. The Bertz CT molecular complexity index is 1110. The van der Waals surface area contributed by atoms with E-state index in [1.807, 2.05) is 0 Å². The van der Waals surface area contributed by atoms with Crippen LogP contribution in [0, 0.1) is 27.7 Å². The van der Waals surface area contributed by atoms with E-state index in [-0.39, 0.29) is 5.41 Å². The van der Waals surface area contributed by atoms with E-state index < -0.39 is 0 Å². The van der Waals surface area contributed by atoms with Gasteiger partial charge in [0.15, 0.2) is 0 Å². The first kappa shape index (κ1) is 20.9. The molecule has 0 amide bonds. The number of hydrogen-bond donors (Lipinski definition) is 0. The van der Waals surface area contributed by atoms with Crippen molar-refractivity contribution < 1.29 is 0 Å². The molecule has 0 bridgehead atoms. The molecule has 0 aliphatic heterocycles. The molecule has 0 nitrogen and oxygen atoms in total. The van der Waals surface area contributed by atoms with Crippen LogP contribution < -0.4 is 0 Å². The molecule has 4 aromatic rings. The summed E-state index contributed by atoms with van der Waals surface area (Å²) in [6, 6.07) is 35.3. The molecule has 0 heteroatoms. The summed E-state index contributed by atoms with van der Waals surface area (Å²) in [6.45, 7) is 8.76. The zero-order valence-corrected chi connectivity index (χ0v) is 18.9. The Morgan fingerprint density at radius 2 is 0.903 bits per heavy atom. The predicted octanol–water partition coefficient (Wildman–Crippen LogP) is 7.97. The number of hydrogen-bond acceptors (Lipinski definition) is 0. The van der Waals surface area contributed by atoms with Gasteiger partial charge in [0.25, 0.3) is 0 Å². The first-order valence-corrected chi connectivity index (χ1v) is 10.9. The molecule has 0 fully saturated rings. The van der Waals surface area contributed by atoms with Gasteiger partial charge in [0, 0.05) is 0 Å². The summed E-state index contributed by atoms with van der Waals surface area (Å²) in [6.07, 6.45) is 4.66. The Hall–Kier alpha value is -3.38. The second kappa shape index (κ2) is 8.78. The van der Waals surface area contributed by atoms with Crippen LogP contribution in [0.1, 0.15) is 44.5 Å². The Balaban J connectivity index is 2.08. The molecule has 0 aromatic heterocycles. The van der Waals surface area contributed by atoms with Crippen LogP contribution in [-0.2, 0) is 5.41 Å². The maximum atomic E-state index is 2.39. The van der Waals surface area contributed by atoms with Gasteiger partial charge in [0.1, 0.15) is 0 Å². The lowest BCUT2D eigenvalue weighted by Gasteiger charge is -2.34. The van der Waals surface area contributed by atoms with Crippen molar-refractivity contribution in [3.63, 3.8) is 0 Å². The van der Waals surface area contributed by atoms with Gasteiger partial charge >= 0.3 is 0 Å². The van der Waals surface area contributed by atoms with Crippen LogP contribution in [0.2, 0.25) is 0 Å². The summed E-state index contributed by atoms with van der Waals surface area (Å²) in [4.78, 5) is 0.